The number of nitrogens with zero attached hydrogens (tertiary/aromatic N) is 2. The van der Waals surface area contributed by atoms with E-state index >= 15 is 0 Å². The molecule has 0 radical (unpaired) electrons. The molecule has 0 saturated carbocycles. The molecule has 0 aromatic heterocycles. The number of benzene rings is 1. The molecule has 2 saturated heterocycles. The molecule has 2 bridgehead atoms. The van der Waals surface area contributed by atoms with Gasteiger partial charge in [-0.1, -0.05) is 17.7 Å². The van der Waals surface area contributed by atoms with E-state index in [9.17, 15) is 12.8 Å². The number of piperidine rings is 1. The van der Waals surface area contributed by atoms with Gasteiger partial charge in [0.15, 0.2) is 0 Å². The van der Waals surface area contributed by atoms with Crippen LogP contribution in [0.4, 0.5) is 4.39 Å². The Morgan fingerprint density at radius 1 is 1.24 bits per heavy atom. The standard InChI is InChI=1S/C16H23ClFN3O2S.ClH/c1-20(10-14-15(17)4-3-5-16(14)18)24(22,23)21(2)13-8-11-6-7-12(9-13)19-11;/h3-5,11-13,19H,6-10H2,1-2H3;1H. The highest BCUT2D eigenvalue weighted by Gasteiger charge is 2.39. The first kappa shape index (κ1) is 20.9. The van der Waals surface area contributed by atoms with E-state index in [0.717, 1.165) is 25.7 Å². The second-order valence-corrected chi connectivity index (χ2v) is 9.25. The van der Waals surface area contributed by atoms with Crippen molar-refractivity contribution >= 4 is 34.2 Å². The van der Waals surface area contributed by atoms with Crippen LogP contribution in [0.5, 0.6) is 0 Å². The minimum atomic E-state index is -3.68. The van der Waals surface area contributed by atoms with E-state index in [1.54, 1.807) is 13.1 Å². The molecule has 25 heavy (non-hydrogen) atoms. The predicted octanol–water partition coefficient (Wildman–Crippen LogP) is 2.79. The van der Waals surface area contributed by atoms with E-state index in [2.05, 4.69) is 5.32 Å². The van der Waals surface area contributed by atoms with Gasteiger partial charge in [0.1, 0.15) is 5.82 Å². The zero-order valence-corrected chi connectivity index (χ0v) is 16.7. The zero-order chi connectivity index (χ0) is 17.5. The average Bonchev–Trinajstić information content (AvgIpc) is 2.88. The number of hydrogen-bond acceptors (Lipinski definition) is 3. The van der Waals surface area contributed by atoms with Gasteiger partial charge >= 0.3 is 0 Å². The Kier molecular flexibility index (Phi) is 6.73. The number of halogens is 3. The summed E-state index contributed by atoms with van der Waals surface area (Å²) in [6, 6.07) is 5.14. The van der Waals surface area contributed by atoms with Crippen molar-refractivity contribution in [2.24, 2.45) is 0 Å². The quantitative estimate of drug-likeness (QED) is 0.810. The Morgan fingerprint density at radius 3 is 2.40 bits per heavy atom. The number of fused-ring (bicyclic) bond motifs is 2. The van der Waals surface area contributed by atoms with Gasteiger partial charge in [0.05, 0.1) is 0 Å². The Bertz CT molecular complexity index is 687. The first-order chi connectivity index (χ1) is 11.3. The highest BCUT2D eigenvalue weighted by Crippen LogP contribution is 2.31. The smallest absolute Gasteiger partial charge is 0.282 e. The van der Waals surface area contributed by atoms with E-state index < -0.39 is 16.0 Å². The molecule has 0 amide bonds. The van der Waals surface area contributed by atoms with Crippen LogP contribution in [0, 0.1) is 5.82 Å². The van der Waals surface area contributed by atoms with Gasteiger partial charge < -0.3 is 5.32 Å². The Balaban J connectivity index is 0.00000225. The minimum absolute atomic E-state index is 0. The van der Waals surface area contributed by atoms with Crippen LogP contribution in [0.1, 0.15) is 31.2 Å². The number of rotatable bonds is 5. The van der Waals surface area contributed by atoms with Crippen molar-refractivity contribution in [3.05, 3.63) is 34.6 Å². The Morgan fingerprint density at radius 2 is 1.84 bits per heavy atom. The lowest BCUT2D eigenvalue weighted by atomic mass is 10.0. The van der Waals surface area contributed by atoms with E-state index in [0.29, 0.717) is 12.1 Å². The molecule has 0 aliphatic carbocycles. The lowest BCUT2D eigenvalue weighted by Gasteiger charge is -2.36. The molecule has 9 heteroatoms. The van der Waals surface area contributed by atoms with Crippen LogP contribution in [0.2, 0.25) is 5.02 Å². The first-order valence-corrected chi connectivity index (χ1v) is 9.94. The van der Waals surface area contributed by atoms with Crippen LogP contribution in [-0.4, -0.2) is 49.2 Å². The fourth-order valence-corrected chi connectivity index (χ4v) is 5.22. The second kappa shape index (κ2) is 8.06. The summed E-state index contributed by atoms with van der Waals surface area (Å²) in [7, 11) is -0.598. The van der Waals surface area contributed by atoms with Gasteiger partial charge in [-0.15, -0.1) is 12.4 Å². The largest absolute Gasteiger partial charge is 0.311 e. The van der Waals surface area contributed by atoms with Crippen LogP contribution in [0.3, 0.4) is 0 Å². The van der Waals surface area contributed by atoms with Gasteiger partial charge in [-0.3, -0.25) is 0 Å². The van der Waals surface area contributed by atoms with Crippen molar-refractivity contribution in [3.8, 4) is 0 Å². The molecule has 1 N–H and O–H groups in total. The molecule has 142 valence electrons. The van der Waals surface area contributed by atoms with Gasteiger partial charge in [-0.05, 0) is 37.8 Å². The summed E-state index contributed by atoms with van der Waals surface area (Å²) in [5.41, 5.74) is 0.198. The summed E-state index contributed by atoms with van der Waals surface area (Å²) in [4.78, 5) is 0. The van der Waals surface area contributed by atoms with E-state index in [1.807, 2.05) is 0 Å². The molecule has 2 heterocycles. The van der Waals surface area contributed by atoms with Crippen molar-refractivity contribution < 1.29 is 12.8 Å². The lowest BCUT2D eigenvalue weighted by molar-refractivity contribution is 0.239. The fraction of sp³-hybridized carbons (Fsp3) is 0.625. The van der Waals surface area contributed by atoms with Crippen molar-refractivity contribution in [2.75, 3.05) is 14.1 Å². The average molecular weight is 412 g/mol. The monoisotopic (exact) mass is 411 g/mol. The van der Waals surface area contributed by atoms with Crippen LogP contribution < -0.4 is 5.32 Å². The highest BCUT2D eigenvalue weighted by molar-refractivity contribution is 7.86. The van der Waals surface area contributed by atoms with E-state index in [-0.39, 0.29) is 35.6 Å². The molecule has 0 spiro atoms. The molecule has 3 rings (SSSR count). The fourth-order valence-electron chi connectivity index (χ4n) is 3.72. The summed E-state index contributed by atoms with van der Waals surface area (Å²) in [6.45, 7) is -0.0873. The molecule has 5 nitrogen and oxygen atoms in total. The van der Waals surface area contributed by atoms with Gasteiger partial charge in [-0.25, -0.2) is 4.39 Å². The third-order valence-electron chi connectivity index (χ3n) is 5.16. The molecule has 1 aromatic carbocycles. The second-order valence-electron chi connectivity index (χ2n) is 6.74. The molecule has 2 atom stereocenters. The van der Waals surface area contributed by atoms with Crippen molar-refractivity contribution in [3.63, 3.8) is 0 Å². The normalized spacial score (nSPS) is 26.1. The van der Waals surface area contributed by atoms with E-state index in [1.165, 1.54) is 27.8 Å². The summed E-state index contributed by atoms with van der Waals surface area (Å²) >= 11 is 6.02. The van der Waals surface area contributed by atoms with E-state index in [4.69, 9.17) is 11.6 Å². The van der Waals surface area contributed by atoms with Crippen LogP contribution >= 0.6 is 24.0 Å². The molecule has 2 fully saturated rings. The maximum atomic E-state index is 13.9. The highest BCUT2D eigenvalue weighted by atomic mass is 35.5. The maximum absolute atomic E-state index is 13.9. The van der Waals surface area contributed by atoms with Crippen LogP contribution in [0.15, 0.2) is 18.2 Å². The van der Waals surface area contributed by atoms with Crippen LogP contribution in [-0.2, 0) is 16.8 Å². The summed E-state index contributed by atoms with van der Waals surface area (Å²) in [5.74, 6) is -0.493. The SMILES string of the molecule is CN(Cc1c(F)cccc1Cl)S(=O)(=O)N(C)C1CC2CCC(C1)N2.Cl. The summed E-state index contributed by atoms with van der Waals surface area (Å²) < 4.78 is 42.3. The van der Waals surface area contributed by atoms with Crippen LogP contribution in [0.25, 0.3) is 0 Å². The summed E-state index contributed by atoms with van der Waals surface area (Å²) in [5, 5.41) is 3.74. The summed E-state index contributed by atoms with van der Waals surface area (Å²) in [6.07, 6.45) is 3.85. The molecule has 1 aromatic rings. The van der Waals surface area contributed by atoms with Gasteiger partial charge in [0.25, 0.3) is 10.2 Å². The van der Waals surface area contributed by atoms with Gasteiger partial charge in [0, 0.05) is 49.4 Å². The molecule has 2 unspecified atom stereocenters. The maximum Gasteiger partial charge on any atom is 0.282 e. The van der Waals surface area contributed by atoms with Crippen molar-refractivity contribution in [1.82, 2.24) is 13.9 Å². The Hall–Kier alpha value is -0.440. The molecular formula is C16H24Cl2FN3O2S. The van der Waals surface area contributed by atoms with Crippen molar-refractivity contribution in [2.45, 2.75) is 50.4 Å². The lowest BCUT2D eigenvalue weighted by Crippen LogP contribution is -2.51. The third-order valence-corrected chi connectivity index (χ3v) is 7.46. The van der Waals surface area contributed by atoms with Gasteiger partial charge in [0.2, 0.25) is 0 Å². The first-order valence-electron chi connectivity index (χ1n) is 8.17. The Labute approximate surface area is 160 Å². The topological polar surface area (TPSA) is 52.7 Å². The molecule has 2 aliphatic rings. The molecular weight excluding hydrogens is 388 g/mol. The minimum Gasteiger partial charge on any atom is -0.311 e. The number of hydrogen-bond donors (Lipinski definition) is 1. The molecule has 2 aliphatic heterocycles. The third kappa shape index (κ3) is 4.28. The predicted molar refractivity (Wildman–Crippen MR) is 99.8 cm³/mol. The van der Waals surface area contributed by atoms with Crippen molar-refractivity contribution in [1.29, 1.82) is 0 Å². The zero-order valence-electron chi connectivity index (χ0n) is 14.3. The number of nitrogens with one attached hydrogen (secondary N) is 1. The van der Waals surface area contributed by atoms with Gasteiger partial charge in [-0.2, -0.15) is 17.0 Å².